The highest BCUT2D eigenvalue weighted by Crippen LogP contribution is 1.99. The fourth-order valence-corrected chi connectivity index (χ4v) is 0.791. The molecule has 4 heteroatoms. The predicted octanol–water partition coefficient (Wildman–Crippen LogP) is 0.156. The molecule has 13 heavy (non-hydrogen) atoms. The van der Waals surface area contributed by atoms with Gasteiger partial charge < -0.3 is 15.2 Å². The van der Waals surface area contributed by atoms with Crippen LogP contribution in [0.1, 0.15) is 20.8 Å². The Morgan fingerprint density at radius 2 is 2.15 bits per heavy atom. The molecule has 78 valence electrons. The summed E-state index contributed by atoms with van der Waals surface area (Å²) in [4.78, 5) is 11.1. The van der Waals surface area contributed by atoms with Crippen molar-refractivity contribution in [2.45, 2.75) is 26.8 Å². The van der Waals surface area contributed by atoms with Crippen LogP contribution < -0.4 is 5.32 Å². The van der Waals surface area contributed by atoms with Crippen LogP contribution in [0.25, 0.3) is 0 Å². The molecule has 0 saturated heterocycles. The van der Waals surface area contributed by atoms with Gasteiger partial charge in [0.15, 0.2) is 0 Å². The van der Waals surface area contributed by atoms with E-state index < -0.39 is 0 Å². The molecule has 2 unspecified atom stereocenters. The number of hydrogen-bond donors (Lipinski definition) is 2. The molecule has 0 aliphatic carbocycles. The van der Waals surface area contributed by atoms with Gasteiger partial charge in [-0.05, 0) is 19.8 Å². The Morgan fingerprint density at radius 1 is 1.54 bits per heavy atom. The number of aliphatic hydroxyl groups is 1. The zero-order chi connectivity index (χ0) is 10.3. The summed E-state index contributed by atoms with van der Waals surface area (Å²) >= 11 is 0. The van der Waals surface area contributed by atoms with Gasteiger partial charge >= 0.3 is 0 Å². The lowest BCUT2D eigenvalue weighted by Crippen LogP contribution is -2.40. The third kappa shape index (κ3) is 5.60. The molecule has 0 fully saturated rings. The molecule has 0 aromatic heterocycles. The summed E-state index contributed by atoms with van der Waals surface area (Å²) in [6.45, 7) is 6.30. The Hall–Kier alpha value is -0.610. The molecule has 0 spiro atoms. The van der Waals surface area contributed by atoms with Crippen LogP contribution in [-0.4, -0.2) is 36.9 Å². The first-order chi connectivity index (χ1) is 6.11. The lowest BCUT2D eigenvalue weighted by molar-refractivity contribution is -0.126. The molecule has 0 heterocycles. The minimum atomic E-state index is -0.130. The molecule has 1 amide bonds. The van der Waals surface area contributed by atoms with Crippen LogP contribution in [0.3, 0.4) is 0 Å². The van der Waals surface area contributed by atoms with E-state index >= 15 is 0 Å². The average molecular weight is 189 g/mol. The number of rotatable bonds is 6. The molecular weight excluding hydrogens is 170 g/mol. The van der Waals surface area contributed by atoms with Gasteiger partial charge in [0.25, 0.3) is 0 Å². The molecule has 4 nitrogen and oxygen atoms in total. The number of amides is 1. The van der Waals surface area contributed by atoms with Crippen LogP contribution in [0.2, 0.25) is 0 Å². The van der Waals surface area contributed by atoms with Crippen LogP contribution in [0.5, 0.6) is 0 Å². The lowest BCUT2D eigenvalue weighted by atomic mass is 10.1. The zero-order valence-electron chi connectivity index (χ0n) is 8.54. The Kier molecular flexibility index (Phi) is 6.54. The normalized spacial score (nSPS) is 15.1. The zero-order valence-corrected chi connectivity index (χ0v) is 8.54. The fourth-order valence-electron chi connectivity index (χ4n) is 0.791. The SMILES string of the molecule is CCOCC(=O)NC(C)C(C)CO. The van der Waals surface area contributed by atoms with Crippen LogP contribution in [0.15, 0.2) is 0 Å². The molecule has 0 aromatic rings. The van der Waals surface area contributed by atoms with Crippen molar-refractivity contribution < 1.29 is 14.6 Å². The van der Waals surface area contributed by atoms with Crippen molar-refractivity contribution in [2.75, 3.05) is 19.8 Å². The van der Waals surface area contributed by atoms with E-state index in [-0.39, 0.29) is 31.1 Å². The number of nitrogens with one attached hydrogen (secondary N) is 1. The second-order valence-electron chi connectivity index (χ2n) is 3.15. The number of carbonyl (C=O) groups excluding carboxylic acids is 1. The number of carbonyl (C=O) groups is 1. The van der Waals surface area contributed by atoms with Gasteiger partial charge in [0.2, 0.25) is 5.91 Å². The van der Waals surface area contributed by atoms with E-state index in [0.29, 0.717) is 6.61 Å². The molecule has 0 bridgehead atoms. The van der Waals surface area contributed by atoms with E-state index in [2.05, 4.69) is 5.32 Å². The minimum Gasteiger partial charge on any atom is -0.396 e. The van der Waals surface area contributed by atoms with E-state index in [1.807, 2.05) is 20.8 Å². The number of hydrogen-bond acceptors (Lipinski definition) is 3. The van der Waals surface area contributed by atoms with Gasteiger partial charge in [0, 0.05) is 19.3 Å². The first kappa shape index (κ1) is 12.4. The summed E-state index contributed by atoms with van der Waals surface area (Å²) in [7, 11) is 0. The largest absolute Gasteiger partial charge is 0.396 e. The van der Waals surface area contributed by atoms with E-state index in [0.717, 1.165) is 0 Å². The van der Waals surface area contributed by atoms with Crippen molar-refractivity contribution in [1.29, 1.82) is 0 Å². The van der Waals surface area contributed by atoms with E-state index in [1.54, 1.807) is 0 Å². The van der Waals surface area contributed by atoms with Crippen LogP contribution in [-0.2, 0) is 9.53 Å². The van der Waals surface area contributed by atoms with Crippen LogP contribution >= 0.6 is 0 Å². The highest BCUT2D eigenvalue weighted by atomic mass is 16.5. The van der Waals surface area contributed by atoms with Gasteiger partial charge in [0.1, 0.15) is 6.61 Å². The second kappa shape index (κ2) is 6.86. The highest BCUT2D eigenvalue weighted by molar-refractivity contribution is 5.77. The van der Waals surface area contributed by atoms with Crippen molar-refractivity contribution in [3.8, 4) is 0 Å². The maximum absolute atomic E-state index is 11.1. The third-order valence-corrected chi connectivity index (χ3v) is 1.97. The summed E-state index contributed by atoms with van der Waals surface area (Å²) in [6, 6.07) is -0.0158. The highest BCUT2D eigenvalue weighted by Gasteiger charge is 2.13. The first-order valence-electron chi connectivity index (χ1n) is 4.59. The van der Waals surface area contributed by atoms with E-state index in [1.165, 1.54) is 0 Å². The molecular formula is C9H19NO3. The predicted molar refractivity (Wildman–Crippen MR) is 50.3 cm³/mol. The Morgan fingerprint density at radius 3 is 2.62 bits per heavy atom. The van der Waals surface area contributed by atoms with Crippen molar-refractivity contribution >= 4 is 5.91 Å². The maximum atomic E-state index is 11.1. The van der Waals surface area contributed by atoms with Crippen molar-refractivity contribution in [3.05, 3.63) is 0 Å². The third-order valence-electron chi connectivity index (χ3n) is 1.97. The van der Waals surface area contributed by atoms with Gasteiger partial charge in [-0.1, -0.05) is 6.92 Å². The topological polar surface area (TPSA) is 58.6 Å². The van der Waals surface area contributed by atoms with Crippen molar-refractivity contribution in [2.24, 2.45) is 5.92 Å². The minimum absolute atomic E-state index is 0.0158. The molecule has 0 aromatic carbocycles. The smallest absolute Gasteiger partial charge is 0.246 e. The standard InChI is InChI=1S/C9H19NO3/c1-4-13-6-9(12)10-8(3)7(2)5-11/h7-8,11H,4-6H2,1-3H3,(H,10,12). The van der Waals surface area contributed by atoms with Crippen molar-refractivity contribution in [1.82, 2.24) is 5.32 Å². The Labute approximate surface area is 79.3 Å². The van der Waals surface area contributed by atoms with Gasteiger partial charge in [-0.2, -0.15) is 0 Å². The summed E-state index contributed by atoms with van der Waals surface area (Å²) in [5.74, 6) is -0.0553. The monoisotopic (exact) mass is 189 g/mol. The molecule has 2 N–H and O–H groups in total. The van der Waals surface area contributed by atoms with Crippen molar-refractivity contribution in [3.63, 3.8) is 0 Å². The van der Waals surface area contributed by atoms with Crippen LogP contribution in [0.4, 0.5) is 0 Å². The summed E-state index contributed by atoms with van der Waals surface area (Å²) < 4.78 is 4.94. The fraction of sp³-hybridized carbons (Fsp3) is 0.889. The van der Waals surface area contributed by atoms with E-state index in [9.17, 15) is 4.79 Å². The Balaban J connectivity index is 3.64. The van der Waals surface area contributed by atoms with Crippen LogP contribution in [0, 0.1) is 5.92 Å². The lowest BCUT2D eigenvalue weighted by Gasteiger charge is -2.18. The summed E-state index contributed by atoms with van der Waals surface area (Å²) in [6.07, 6.45) is 0. The maximum Gasteiger partial charge on any atom is 0.246 e. The van der Waals surface area contributed by atoms with Gasteiger partial charge in [-0.25, -0.2) is 0 Å². The Bertz CT molecular complexity index is 150. The molecule has 0 aliphatic rings. The quantitative estimate of drug-likeness (QED) is 0.625. The molecule has 0 radical (unpaired) electrons. The molecule has 0 aliphatic heterocycles. The molecule has 2 atom stereocenters. The average Bonchev–Trinajstić information content (AvgIpc) is 2.13. The van der Waals surface area contributed by atoms with Gasteiger partial charge in [0.05, 0.1) is 0 Å². The van der Waals surface area contributed by atoms with Gasteiger partial charge in [-0.15, -0.1) is 0 Å². The number of ether oxygens (including phenoxy) is 1. The first-order valence-corrected chi connectivity index (χ1v) is 4.59. The summed E-state index contributed by atoms with van der Waals surface area (Å²) in [5.41, 5.74) is 0. The van der Waals surface area contributed by atoms with E-state index in [4.69, 9.17) is 9.84 Å². The molecule has 0 rings (SSSR count). The summed E-state index contributed by atoms with van der Waals surface area (Å²) in [5, 5.41) is 11.6. The number of aliphatic hydroxyl groups excluding tert-OH is 1. The molecule has 0 saturated carbocycles. The van der Waals surface area contributed by atoms with Gasteiger partial charge in [-0.3, -0.25) is 4.79 Å². The second-order valence-corrected chi connectivity index (χ2v) is 3.15.